The van der Waals surface area contributed by atoms with Crippen LogP contribution in [0.15, 0.2) is 0 Å². The number of amides is 1. The first-order chi connectivity index (χ1) is 12.2. The van der Waals surface area contributed by atoms with Crippen LogP contribution in [-0.4, -0.2) is 25.1 Å². The Morgan fingerprint density at radius 2 is 1.12 bits per heavy atom. The number of nitrogens with one attached hydrogen (secondary N) is 2. The third kappa shape index (κ3) is 13.3. The molecule has 0 aromatic carbocycles. The maximum atomic E-state index is 12.4. The molecule has 0 saturated carbocycles. The Morgan fingerprint density at radius 1 is 0.680 bits per heavy atom. The van der Waals surface area contributed by atoms with Crippen LogP contribution >= 0.6 is 0 Å². The van der Waals surface area contributed by atoms with Gasteiger partial charge in [-0.25, -0.2) is 16.0 Å². The van der Waals surface area contributed by atoms with Crippen LogP contribution in [0.1, 0.15) is 110 Å². The number of unbranched alkanes of at least 4 members (excludes halogenated alkanes) is 11. The van der Waals surface area contributed by atoms with Crippen molar-refractivity contribution in [1.82, 2.24) is 16.0 Å². The van der Waals surface area contributed by atoms with Crippen LogP contribution < -0.4 is 10.9 Å². The van der Waals surface area contributed by atoms with E-state index in [1.807, 2.05) is 0 Å². The summed E-state index contributed by atoms with van der Waals surface area (Å²) in [6, 6.07) is 0. The average Bonchev–Trinajstić information content (AvgIpc) is 2.62. The van der Waals surface area contributed by atoms with Crippen LogP contribution in [0.3, 0.4) is 0 Å². The first kappa shape index (κ1) is 24.4. The Morgan fingerprint density at radius 3 is 1.52 bits per heavy atom. The van der Waals surface area contributed by atoms with Crippen LogP contribution in [0.5, 0.6) is 0 Å². The van der Waals surface area contributed by atoms with Crippen molar-refractivity contribution in [2.45, 2.75) is 110 Å². The number of carbonyl (C=O) groups excluding carboxylic acids is 1. The second-order valence-corrected chi connectivity index (χ2v) is 7.28. The quantitative estimate of drug-likeness (QED) is 0.249. The summed E-state index contributed by atoms with van der Waals surface area (Å²) < 4.78 is 0. The van der Waals surface area contributed by atoms with Gasteiger partial charge in [-0.2, -0.15) is 0 Å². The van der Waals surface area contributed by atoms with Crippen LogP contribution in [0.4, 0.5) is 0 Å². The molecule has 4 nitrogen and oxygen atoms in total. The maximum Gasteiger partial charge on any atom is 0.254 e. The molecule has 150 valence electrons. The average molecular weight is 356 g/mol. The van der Waals surface area contributed by atoms with E-state index in [9.17, 15) is 4.79 Å². The molecule has 0 saturated heterocycles. The number of carbonyl (C=O) groups is 1. The number of hydrazine groups is 2. The third-order valence-electron chi connectivity index (χ3n) is 5.06. The van der Waals surface area contributed by atoms with Crippen LogP contribution in [0.2, 0.25) is 0 Å². The van der Waals surface area contributed by atoms with Gasteiger partial charge in [0.25, 0.3) is 5.91 Å². The summed E-state index contributed by atoms with van der Waals surface area (Å²) in [5.41, 5.74) is 5.82. The molecule has 0 aliphatic rings. The summed E-state index contributed by atoms with van der Waals surface area (Å²) in [5, 5.41) is 1.51. The summed E-state index contributed by atoms with van der Waals surface area (Å²) >= 11 is 0. The van der Waals surface area contributed by atoms with Crippen molar-refractivity contribution in [1.29, 1.82) is 0 Å². The molecule has 0 aliphatic heterocycles. The molecule has 4 heteroatoms. The van der Waals surface area contributed by atoms with E-state index in [1.54, 1.807) is 14.1 Å². The molecule has 0 aromatic heterocycles. The van der Waals surface area contributed by atoms with Gasteiger partial charge in [-0.15, -0.1) is 0 Å². The van der Waals surface area contributed by atoms with E-state index in [2.05, 4.69) is 24.7 Å². The first-order valence-electron chi connectivity index (χ1n) is 10.9. The smallest absolute Gasteiger partial charge is 0.254 e. The van der Waals surface area contributed by atoms with Crippen molar-refractivity contribution >= 4 is 5.91 Å². The zero-order chi connectivity index (χ0) is 18.8. The third-order valence-corrected chi connectivity index (χ3v) is 5.06. The second-order valence-electron chi connectivity index (χ2n) is 7.28. The molecular formula is C21H45N3O. The lowest BCUT2D eigenvalue weighted by atomic mass is 9.95. The minimum absolute atomic E-state index is 0.146. The summed E-state index contributed by atoms with van der Waals surface area (Å²) in [6.45, 7) is 4.43. The summed E-state index contributed by atoms with van der Waals surface area (Å²) in [5.74, 6) is 0.322. The SMILES string of the molecule is CCCCCCCCCCCCCCC(CCC)C(=O)N(NC)NC. The molecule has 0 spiro atoms. The Balaban J connectivity index is 3.64. The van der Waals surface area contributed by atoms with Gasteiger partial charge in [0.15, 0.2) is 0 Å². The van der Waals surface area contributed by atoms with Gasteiger partial charge in [0, 0.05) is 20.0 Å². The number of hydrogen-bond acceptors (Lipinski definition) is 3. The highest BCUT2D eigenvalue weighted by Gasteiger charge is 2.21. The van der Waals surface area contributed by atoms with Crippen LogP contribution in [0, 0.1) is 5.92 Å². The van der Waals surface area contributed by atoms with Crippen LogP contribution in [-0.2, 0) is 4.79 Å². The Bertz CT molecular complexity index is 293. The fourth-order valence-corrected chi connectivity index (χ4v) is 3.49. The highest BCUT2D eigenvalue weighted by atomic mass is 16.2. The van der Waals surface area contributed by atoms with E-state index in [0.29, 0.717) is 0 Å². The fraction of sp³-hybridized carbons (Fsp3) is 0.952. The molecule has 2 N–H and O–H groups in total. The molecule has 0 bridgehead atoms. The lowest BCUT2D eigenvalue weighted by Crippen LogP contribution is -2.51. The van der Waals surface area contributed by atoms with E-state index in [-0.39, 0.29) is 11.8 Å². The molecule has 1 atom stereocenters. The highest BCUT2D eigenvalue weighted by Crippen LogP contribution is 2.19. The summed E-state index contributed by atoms with van der Waals surface area (Å²) in [6.07, 6.45) is 19.4. The van der Waals surface area contributed by atoms with Gasteiger partial charge in [-0.05, 0) is 12.8 Å². The lowest BCUT2D eigenvalue weighted by molar-refractivity contribution is -0.142. The van der Waals surface area contributed by atoms with Gasteiger partial charge >= 0.3 is 0 Å². The molecule has 25 heavy (non-hydrogen) atoms. The van der Waals surface area contributed by atoms with Gasteiger partial charge in [0.1, 0.15) is 0 Å². The molecule has 0 heterocycles. The van der Waals surface area contributed by atoms with Crippen molar-refractivity contribution in [3.8, 4) is 0 Å². The lowest BCUT2D eigenvalue weighted by Gasteiger charge is -2.25. The molecule has 0 rings (SSSR count). The maximum absolute atomic E-state index is 12.4. The van der Waals surface area contributed by atoms with Gasteiger partial charge in [-0.3, -0.25) is 4.79 Å². The molecule has 0 aromatic rings. The van der Waals surface area contributed by atoms with Crippen molar-refractivity contribution in [2.24, 2.45) is 5.92 Å². The Hall–Kier alpha value is -0.610. The Kier molecular flexibility index (Phi) is 17.7. The number of rotatable bonds is 18. The topological polar surface area (TPSA) is 44.4 Å². The molecule has 0 fully saturated rings. The van der Waals surface area contributed by atoms with Gasteiger partial charge in [0.2, 0.25) is 0 Å². The van der Waals surface area contributed by atoms with Crippen molar-refractivity contribution in [3.63, 3.8) is 0 Å². The zero-order valence-electron chi connectivity index (χ0n) is 17.5. The molecule has 1 unspecified atom stereocenters. The molecule has 1 amide bonds. The van der Waals surface area contributed by atoms with E-state index in [1.165, 1.54) is 82.2 Å². The molecule has 0 radical (unpaired) electrons. The zero-order valence-corrected chi connectivity index (χ0v) is 17.5. The fourth-order valence-electron chi connectivity index (χ4n) is 3.49. The van der Waals surface area contributed by atoms with Crippen molar-refractivity contribution in [3.05, 3.63) is 0 Å². The normalized spacial score (nSPS) is 12.3. The molecule has 0 aliphatic carbocycles. The monoisotopic (exact) mass is 355 g/mol. The predicted octanol–water partition coefficient (Wildman–Crippen LogP) is 5.59. The predicted molar refractivity (Wildman–Crippen MR) is 109 cm³/mol. The minimum atomic E-state index is 0.146. The number of nitrogens with zero attached hydrogens (tertiary/aromatic N) is 1. The summed E-state index contributed by atoms with van der Waals surface area (Å²) in [4.78, 5) is 12.4. The largest absolute Gasteiger partial charge is 0.272 e. The van der Waals surface area contributed by atoms with Crippen molar-refractivity contribution in [2.75, 3.05) is 14.1 Å². The highest BCUT2D eigenvalue weighted by molar-refractivity contribution is 5.77. The van der Waals surface area contributed by atoms with Crippen LogP contribution in [0.25, 0.3) is 0 Å². The molecular weight excluding hydrogens is 310 g/mol. The van der Waals surface area contributed by atoms with Crippen molar-refractivity contribution < 1.29 is 4.79 Å². The van der Waals surface area contributed by atoms with Gasteiger partial charge in [-0.1, -0.05) is 97.3 Å². The first-order valence-corrected chi connectivity index (χ1v) is 10.9. The van der Waals surface area contributed by atoms with Gasteiger partial charge in [0.05, 0.1) is 0 Å². The Labute approximate surface area is 157 Å². The standard InChI is InChI=1S/C21H45N3O/c1-5-7-8-9-10-11-12-13-14-15-16-17-19-20(18-6-2)21(25)24(22-3)23-4/h20,22-23H,5-19H2,1-4H3. The minimum Gasteiger partial charge on any atom is -0.272 e. The van der Waals surface area contributed by atoms with E-state index in [0.717, 1.165) is 19.3 Å². The summed E-state index contributed by atoms with van der Waals surface area (Å²) in [7, 11) is 3.56. The van der Waals surface area contributed by atoms with Gasteiger partial charge < -0.3 is 0 Å². The van der Waals surface area contributed by atoms with E-state index in [4.69, 9.17) is 0 Å². The van der Waals surface area contributed by atoms with E-state index >= 15 is 0 Å². The number of hydrogen-bond donors (Lipinski definition) is 2. The second kappa shape index (κ2) is 18.2. The van der Waals surface area contributed by atoms with E-state index < -0.39 is 0 Å².